The molecule has 0 N–H and O–H groups in total. The van der Waals surface area contributed by atoms with E-state index in [1.165, 1.54) is 6.07 Å². The number of piperidine rings is 1. The molecule has 5 heteroatoms. The number of rotatable bonds is 4. The SMILES string of the molecule is O=C(c1ccccn1)C1CCCN(Cc2cccc(F)c2F)C1. The van der Waals surface area contributed by atoms with Gasteiger partial charge >= 0.3 is 0 Å². The zero-order valence-corrected chi connectivity index (χ0v) is 12.7. The molecule has 1 saturated heterocycles. The molecule has 1 atom stereocenters. The van der Waals surface area contributed by atoms with Gasteiger partial charge in [-0.15, -0.1) is 0 Å². The molecule has 1 aliphatic rings. The van der Waals surface area contributed by atoms with Gasteiger partial charge < -0.3 is 0 Å². The Labute approximate surface area is 134 Å². The molecular weight excluding hydrogens is 298 g/mol. The number of aromatic nitrogens is 1. The van der Waals surface area contributed by atoms with E-state index in [0.717, 1.165) is 25.5 Å². The fraction of sp³-hybridized carbons (Fsp3) is 0.333. The van der Waals surface area contributed by atoms with E-state index in [4.69, 9.17) is 0 Å². The van der Waals surface area contributed by atoms with Gasteiger partial charge in [-0.2, -0.15) is 0 Å². The Morgan fingerprint density at radius 1 is 1.22 bits per heavy atom. The van der Waals surface area contributed by atoms with E-state index in [2.05, 4.69) is 4.98 Å². The summed E-state index contributed by atoms with van der Waals surface area (Å²) in [6.45, 7) is 1.64. The van der Waals surface area contributed by atoms with Crippen molar-refractivity contribution in [3.63, 3.8) is 0 Å². The number of halogens is 2. The van der Waals surface area contributed by atoms with E-state index in [9.17, 15) is 13.6 Å². The number of likely N-dealkylation sites (tertiary alicyclic amines) is 1. The molecule has 3 nitrogen and oxygen atoms in total. The molecule has 1 aliphatic heterocycles. The summed E-state index contributed by atoms with van der Waals surface area (Å²) in [4.78, 5) is 18.6. The Hall–Kier alpha value is -2.14. The van der Waals surface area contributed by atoms with Crippen LogP contribution in [0.4, 0.5) is 8.78 Å². The first-order valence-corrected chi connectivity index (χ1v) is 7.75. The van der Waals surface area contributed by atoms with Gasteiger partial charge in [-0.1, -0.05) is 18.2 Å². The second-order valence-corrected chi connectivity index (χ2v) is 5.87. The third kappa shape index (κ3) is 3.62. The molecular formula is C18H18F2N2O. The maximum Gasteiger partial charge on any atom is 0.185 e. The van der Waals surface area contributed by atoms with Crippen molar-refractivity contribution in [1.29, 1.82) is 0 Å². The highest BCUT2D eigenvalue weighted by Gasteiger charge is 2.27. The smallest absolute Gasteiger partial charge is 0.185 e. The molecule has 120 valence electrons. The summed E-state index contributed by atoms with van der Waals surface area (Å²) in [7, 11) is 0. The van der Waals surface area contributed by atoms with Crippen molar-refractivity contribution in [2.24, 2.45) is 5.92 Å². The summed E-state index contributed by atoms with van der Waals surface area (Å²) in [6, 6.07) is 9.49. The van der Waals surface area contributed by atoms with Crippen molar-refractivity contribution in [2.75, 3.05) is 13.1 Å². The van der Waals surface area contributed by atoms with Crippen molar-refractivity contribution in [1.82, 2.24) is 9.88 Å². The number of benzene rings is 1. The van der Waals surface area contributed by atoms with Gasteiger partial charge in [0.25, 0.3) is 0 Å². The number of carbonyl (C=O) groups is 1. The highest BCUT2D eigenvalue weighted by atomic mass is 19.2. The Kier molecular flexibility index (Phi) is 4.76. The van der Waals surface area contributed by atoms with Gasteiger partial charge in [0.05, 0.1) is 0 Å². The second-order valence-electron chi connectivity index (χ2n) is 5.87. The van der Waals surface area contributed by atoms with Crippen molar-refractivity contribution in [3.8, 4) is 0 Å². The van der Waals surface area contributed by atoms with Gasteiger partial charge in [0.2, 0.25) is 0 Å². The summed E-state index contributed by atoms with van der Waals surface area (Å²) in [5.74, 6) is -1.75. The molecule has 1 aromatic heterocycles. The molecule has 1 unspecified atom stereocenters. The lowest BCUT2D eigenvalue weighted by molar-refractivity contribution is 0.0805. The van der Waals surface area contributed by atoms with Crippen LogP contribution in [-0.4, -0.2) is 28.8 Å². The van der Waals surface area contributed by atoms with Crippen molar-refractivity contribution in [2.45, 2.75) is 19.4 Å². The van der Waals surface area contributed by atoms with E-state index in [1.54, 1.807) is 30.5 Å². The van der Waals surface area contributed by atoms with Gasteiger partial charge in [-0.05, 0) is 37.6 Å². The van der Waals surface area contributed by atoms with E-state index in [1.807, 2.05) is 4.90 Å². The van der Waals surface area contributed by atoms with Crippen LogP contribution in [0.1, 0.15) is 28.9 Å². The van der Waals surface area contributed by atoms with Crippen LogP contribution in [-0.2, 0) is 6.54 Å². The molecule has 0 bridgehead atoms. The van der Waals surface area contributed by atoms with Crippen molar-refractivity contribution in [3.05, 3.63) is 65.5 Å². The largest absolute Gasteiger partial charge is 0.298 e. The van der Waals surface area contributed by atoms with Gasteiger partial charge in [-0.25, -0.2) is 8.78 Å². The highest BCUT2D eigenvalue weighted by molar-refractivity contribution is 5.96. The second kappa shape index (κ2) is 6.96. The molecule has 1 fully saturated rings. The predicted octanol–water partition coefficient (Wildman–Crippen LogP) is 3.45. The van der Waals surface area contributed by atoms with Gasteiger partial charge in [-0.3, -0.25) is 14.7 Å². The van der Waals surface area contributed by atoms with E-state index in [0.29, 0.717) is 24.3 Å². The highest BCUT2D eigenvalue weighted by Crippen LogP contribution is 2.23. The van der Waals surface area contributed by atoms with Gasteiger partial charge in [0.1, 0.15) is 5.69 Å². The average molecular weight is 316 g/mol. The van der Waals surface area contributed by atoms with E-state index >= 15 is 0 Å². The van der Waals surface area contributed by atoms with E-state index in [-0.39, 0.29) is 11.7 Å². The van der Waals surface area contributed by atoms with Crippen LogP contribution in [0, 0.1) is 17.6 Å². The van der Waals surface area contributed by atoms with Crippen LogP contribution in [0.25, 0.3) is 0 Å². The molecule has 0 aliphatic carbocycles. The topological polar surface area (TPSA) is 33.2 Å². The molecule has 2 heterocycles. The molecule has 0 radical (unpaired) electrons. The summed E-state index contributed by atoms with van der Waals surface area (Å²) < 4.78 is 27.1. The molecule has 0 saturated carbocycles. The van der Waals surface area contributed by atoms with Crippen LogP contribution in [0.3, 0.4) is 0 Å². The number of hydrogen-bond donors (Lipinski definition) is 0. The summed E-state index contributed by atoms with van der Waals surface area (Å²) >= 11 is 0. The Balaban J connectivity index is 1.69. The fourth-order valence-corrected chi connectivity index (χ4v) is 3.04. The fourth-order valence-electron chi connectivity index (χ4n) is 3.04. The molecule has 1 aromatic carbocycles. The van der Waals surface area contributed by atoms with Crippen LogP contribution < -0.4 is 0 Å². The zero-order valence-electron chi connectivity index (χ0n) is 12.7. The van der Waals surface area contributed by atoms with Gasteiger partial charge in [0.15, 0.2) is 17.4 Å². The summed E-state index contributed by atoms with van der Waals surface area (Å²) in [5, 5.41) is 0. The maximum atomic E-state index is 13.8. The number of pyridine rings is 1. The third-order valence-corrected chi connectivity index (χ3v) is 4.22. The Bertz CT molecular complexity index is 691. The van der Waals surface area contributed by atoms with Crippen LogP contribution in [0.5, 0.6) is 0 Å². The predicted molar refractivity (Wildman–Crippen MR) is 82.9 cm³/mol. The van der Waals surface area contributed by atoms with Crippen molar-refractivity contribution >= 4 is 5.78 Å². The Morgan fingerprint density at radius 2 is 2.09 bits per heavy atom. The van der Waals surface area contributed by atoms with Crippen LogP contribution >= 0.6 is 0 Å². The molecule has 3 rings (SSSR count). The van der Waals surface area contributed by atoms with E-state index < -0.39 is 11.6 Å². The van der Waals surface area contributed by atoms with Crippen LogP contribution in [0.2, 0.25) is 0 Å². The van der Waals surface area contributed by atoms with Crippen LogP contribution in [0.15, 0.2) is 42.6 Å². The molecule has 0 amide bonds. The lowest BCUT2D eigenvalue weighted by Crippen LogP contribution is -2.38. The zero-order chi connectivity index (χ0) is 16.2. The first-order chi connectivity index (χ1) is 11.1. The molecule has 0 spiro atoms. The maximum absolute atomic E-state index is 13.8. The lowest BCUT2D eigenvalue weighted by atomic mass is 9.91. The quantitative estimate of drug-likeness (QED) is 0.810. The first-order valence-electron chi connectivity index (χ1n) is 7.75. The number of nitrogens with zero attached hydrogens (tertiary/aromatic N) is 2. The number of ketones is 1. The normalized spacial score (nSPS) is 18.8. The number of carbonyl (C=O) groups excluding carboxylic acids is 1. The number of hydrogen-bond acceptors (Lipinski definition) is 3. The minimum atomic E-state index is -0.833. The summed E-state index contributed by atoms with van der Waals surface area (Å²) in [5.41, 5.74) is 0.798. The van der Waals surface area contributed by atoms with Gasteiger partial charge in [0, 0.05) is 30.8 Å². The monoisotopic (exact) mass is 316 g/mol. The minimum Gasteiger partial charge on any atom is -0.298 e. The molecule has 2 aromatic rings. The summed E-state index contributed by atoms with van der Waals surface area (Å²) in [6.07, 6.45) is 3.27. The molecule has 23 heavy (non-hydrogen) atoms. The Morgan fingerprint density at radius 3 is 2.87 bits per heavy atom. The standard InChI is InChI=1S/C18H18F2N2O/c19-15-7-3-5-13(17(15)20)11-22-10-4-6-14(12-22)18(23)16-8-1-2-9-21-16/h1-3,5,7-9,14H,4,6,10-12H2. The van der Waals surface area contributed by atoms with Crippen molar-refractivity contribution < 1.29 is 13.6 Å². The lowest BCUT2D eigenvalue weighted by Gasteiger charge is -2.31. The third-order valence-electron chi connectivity index (χ3n) is 4.22. The minimum absolute atomic E-state index is 0.0232. The number of Topliss-reactive ketones (excluding diaryl/α,β-unsaturated/α-hetero) is 1. The first kappa shape index (κ1) is 15.7. The average Bonchev–Trinajstić information content (AvgIpc) is 2.59.